The zero-order valence-electron chi connectivity index (χ0n) is 7.75. The fourth-order valence-electron chi connectivity index (χ4n) is 1.46. The van der Waals surface area contributed by atoms with Gasteiger partial charge in [0.25, 0.3) is 0 Å². The largest absolute Gasteiger partial charge is 0.398 e. The molecule has 0 saturated carbocycles. The molecule has 0 amide bonds. The summed E-state index contributed by atoms with van der Waals surface area (Å²) in [5.41, 5.74) is 8.99. The molecule has 1 aromatic heterocycles. The van der Waals surface area contributed by atoms with Crippen LogP contribution in [0.25, 0.3) is 11.1 Å². The van der Waals surface area contributed by atoms with Crippen molar-refractivity contribution in [1.29, 1.82) is 0 Å². The topological polar surface area (TPSA) is 26.0 Å². The van der Waals surface area contributed by atoms with Crippen molar-refractivity contribution >= 4 is 28.6 Å². The average molecular weight is 224 g/mol. The van der Waals surface area contributed by atoms with Gasteiger partial charge < -0.3 is 5.73 Å². The molecule has 0 bridgehead atoms. The second kappa shape index (κ2) is 3.64. The molecule has 72 valence electrons. The van der Waals surface area contributed by atoms with Crippen LogP contribution in [0.3, 0.4) is 0 Å². The van der Waals surface area contributed by atoms with E-state index in [-0.39, 0.29) is 0 Å². The summed E-state index contributed by atoms with van der Waals surface area (Å²) < 4.78 is 0. The van der Waals surface area contributed by atoms with E-state index in [4.69, 9.17) is 17.3 Å². The SMILES string of the molecule is Cc1scc(N)c1-c1ccc(Cl)cc1. The Bertz CT molecular complexity index is 425. The summed E-state index contributed by atoms with van der Waals surface area (Å²) in [4.78, 5) is 1.24. The van der Waals surface area contributed by atoms with Gasteiger partial charge >= 0.3 is 0 Å². The highest BCUT2D eigenvalue weighted by molar-refractivity contribution is 7.11. The number of halogens is 1. The van der Waals surface area contributed by atoms with E-state index in [1.807, 2.05) is 29.6 Å². The van der Waals surface area contributed by atoms with Gasteiger partial charge in [0.15, 0.2) is 0 Å². The van der Waals surface area contributed by atoms with Crippen LogP contribution in [0.4, 0.5) is 5.69 Å². The van der Waals surface area contributed by atoms with Gasteiger partial charge in [-0.2, -0.15) is 0 Å². The molecule has 0 aliphatic rings. The van der Waals surface area contributed by atoms with Crippen molar-refractivity contribution in [2.24, 2.45) is 0 Å². The van der Waals surface area contributed by atoms with Gasteiger partial charge in [0, 0.05) is 20.8 Å². The minimum atomic E-state index is 0.750. The predicted octanol–water partition coefficient (Wildman–Crippen LogP) is 3.96. The fraction of sp³-hybridized carbons (Fsp3) is 0.0909. The van der Waals surface area contributed by atoms with E-state index in [0.29, 0.717) is 0 Å². The highest BCUT2D eigenvalue weighted by Crippen LogP contribution is 2.34. The molecule has 14 heavy (non-hydrogen) atoms. The number of rotatable bonds is 1. The second-order valence-corrected chi connectivity index (χ2v) is 4.65. The molecule has 0 aliphatic heterocycles. The van der Waals surface area contributed by atoms with Gasteiger partial charge in [-0.3, -0.25) is 0 Å². The number of benzene rings is 1. The highest BCUT2D eigenvalue weighted by Gasteiger charge is 2.07. The third kappa shape index (κ3) is 1.63. The van der Waals surface area contributed by atoms with Crippen molar-refractivity contribution in [3.8, 4) is 11.1 Å². The lowest BCUT2D eigenvalue weighted by Gasteiger charge is -2.02. The van der Waals surface area contributed by atoms with Crippen molar-refractivity contribution in [3.05, 3.63) is 39.5 Å². The first-order valence-corrected chi connectivity index (χ1v) is 5.54. The third-order valence-electron chi connectivity index (χ3n) is 2.14. The lowest BCUT2D eigenvalue weighted by Crippen LogP contribution is -1.86. The molecule has 0 saturated heterocycles. The number of nitrogens with two attached hydrogens (primary N) is 1. The zero-order chi connectivity index (χ0) is 10.1. The Morgan fingerprint density at radius 2 is 1.86 bits per heavy atom. The maximum atomic E-state index is 5.89. The Labute approximate surface area is 92.1 Å². The van der Waals surface area contributed by atoms with Crippen LogP contribution in [0.1, 0.15) is 4.88 Å². The van der Waals surface area contributed by atoms with Crippen LogP contribution >= 0.6 is 22.9 Å². The minimum Gasteiger partial charge on any atom is -0.398 e. The molecule has 1 aromatic carbocycles. The number of hydrogen-bond acceptors (Lipinski definition) is 2. The van der Waals surface area contributed by atoms with Gasteiger partial charge in [0.2, 0.25) is 0 Å². The van der Waals surface area contributed by atoms with Crippen molar-refractivity contribution < 1.29 is 0 Å². The van der Waals surface area contributed by atoms with Crippen molar-refractivity contribution in [3.63, 3.8) is 0 Å². The van der Waals surface area contributed by atoms with Gasteiger partial charge in [-0.15, -0.1) is 11.3 Å². The van der Waals surface area contributed by atoms with Crippen LogP contribution < -0.4 is 5.73 Å². The van der Waals surface area contributed by atoms with E-state index in [0.717, 1.165) is 21.8 Å². The van der Waals surface area contributed by atoms with E-state index >= 15 is 0 Å². The molecule has 0 fully saturated rings. The molecule has 0 aliphatic carbocycles. The van der Waals surface area contributed by atoms with E-state index in [2.05, 4.69) is 6.92 Å². The number of hydrogen-bond donors (Lipinski definition) is 1. The Hall–Kier alpha value is -0.990. The molecular weight excluding hydrogens is 214 g/mol. The first kappa shape index (κ1) is 9.56. The maximum Gasteiger partial charge on any atom is 0.0505 e. The molecule has 1 heterocycles. The summed E-state index contributed by atoms with van der Waals surface area (Å²) in [5.74, 6) is 0. The standard InChI is InChI=1S/C11H10ClNS/c1-7-11(10(13)6-14-7)8-2-4-9(12)5-3-8/h2-6H,13H2,1H3. The Morgan fingerprint density at radius 1 is 1.21 bits per heavy atom. The summed E-state index contributed by atoms with van der Waals surface area (Å²) in [6, 6.07) is 7.75. The van der Waals surface area contributed by atoms with Gasteiger partial charge in [-0.05, 0) is 24.6 Å². The zero-order valence-corrected chi connectivity index (χ0v) is 9.32. The van der Waals surface area contributed by atoms with E-state index < -0.39 is 0 Å². The molecule has 2 rings (SSSR count). The minimum absolute atomic E-state index is 0.750. The quantitative estimate of drug-likeness (QED) is 0.778. The Kier molecular flexibility index (Phi) is 2.48. The summed E-state index contributed by atoms with van der Waals surface area (Å²) in [5, 5.41) is 2.72. The van der Waals surface area contributed by atoms with Gasteiger partial charge in [0.1, 0.15) is 0 Å². The maximum absolute atomic E-state index is 5.89. The van der Waals surface area contributed by atoms with E-state index in [9.17, 15) is 0 Å². The smallest absolute Gasteiger partial charge is 0.0505 e. The van der Waals surface area contributed by atoms with Crippen LogP contribution in [-0.2, 0) is 0 Å². The molecule has 0 radical (unpaired) electrons. The van der Waals surface area contributed by atoms with Gasteiger partial charge in [-0.1, -0.05) is 23.7 Å². The van der Waals surface area contributed by atoms with E-state index in [1.165, 1.54) is 4.88 Å². The average Bonchev–Trinajstić information content (AvgIpc) is 2.49. The lowest BCUT2D eigenvalue weighted by atomic mass is 10.1. The van der Waals surface area contributed by atoms with Crippen molar-refractivity contribution in [2.75, 3.05) is 5.73 Å². The van der Waals surface area contributed by atoms with Crippen LogP contribution in [-0.4, -0.2) is 0 Å². The molecule has 1 nitrogen and oxygen atoms in total. The Morgan fingerprint density at radius 3 is 2.36 bits per heavy atom. The van der Waals surface area contributed by atoms with Crippen LogP contribution in [0.5, 0.6) is 0 Å². The summed E-state index contributed by atoms with van der Waals surface area (Å²) in [6.45, 7) is 2.07. The monoisotopic (exact) mass is 223 g/mol. The number of anilines is 1. The lowest BCUT2D eigenvalue weighted by molar-refractivity contribution is 1.58. The predicted molar refractivity (Wildman–Crippen MR) is 63.9 cm³/mol. The number of thiophene rings is 1. The van der Waals surface area contributed by atoms with Gasteiger partial charge in [-0.25, -0.2) is 0 Å². The molecule has 0 atom stereocenters. The highest BCUT2D eigenvalue weighted by atomic mass is 35.5. The van der Waals surface area contributed by atoms with Crippen LogP contribution in [0.2, 0.25) is 5.02 Å². The first-order chi connectivity index (χ1) is 6.68. The number of aryl methyl sites for hydroxylation is 1. The third-order valence-corrected chi connectivity index (χ3v) is 3.32. The Balaban J connectivity index is 2.54. The van der Waals surface area contributed by atoms with Crippen molar-refractivity contribution in [2.45, 2.75) is 6.92 Å². The summed E-state index contributed by atoms with van der Waals surface area (Å²) >= 11 is 7.50. The normalized spacial score (nSPS) is 10.4. The number of nitrogen functional groups attached to an aromatic ring is 1. The fourth-order valence-corrected chi connectivity index (χ4v) is 2.36. The van der Waals surface area contributed by atoms with E-state index in [1.54, 1.807) is 11.3 Å². The summed E-state index contributed by atoms with van der Waals surface area (Å²) in [7, 11) is 0. The molecular formula is C11H10ClNS. The molecule has 2 aromatic rings. The van der Waals surface area contributed by atoms with Crippen LogP contribution in [0, 0.1) is 6.92 Å². The van der Waals surface area contributed by atoms with Crippen molar-refractivity contribution in [1.82, 2.24) is 0 Å². The molecule has 0 spiro atoms. The first-order valence-electron chi connectivity index (χ1n) is 4.28. The summed E-state index contributed by atoms with van der Waals surface area (Å²) in [6.07, 6.45) is 0. The molecule has 2 N–H and O–H groups in total. The molecule has 3 heteroatoms. The van der Waals surface area contributed by atoms with Gasteiger partial charge in [0.05, 0.1) is 5.69 Å². The second-order valence-electron chi connectivity index (χ2n) is 3.13. The molecule has 0 unspecified atom stereocenters. The van der Waals surface area contributed by atoms with Crippen LogP contribution in [0.15, 0.2) is 29.6 Å².